The molecule has 0 aliphatic heterocycles. The van der Waals surface area contributed by atoms with Gasteiger partial charge in [-0.2, -0.15) is 13.2 Å². The maximum Gasteiger partial charge on any atom is 0.390 e. The van der Waals surface area contributed by atoms with Crippen molar-refractivity contribution in [3.8, 4) is 5.75 Å². The first-order valence-corrected chi connectivity index (χ1v) is 4.41. The predicted molar refractivity (Wildman–Crippen MR) is 57.7 cm³/mol. The van der Waals surface area contributed by atoms with Crippen LogP contribution in [0.25, 0.3) is 0 Å². The van der Waals surface area contributed by atoms with Crippen molar-refractivity contribution in [2.45, 2.75) is 25.6 Å². The molecule has 0 bridgehead atoms. The molecular formula is C10H13ClF3NO. The molecule has 1 rings (SSSR count). The lowest BCUT2D eigenvalue weighted by Crippen LogP contribution is -2.20. The fourth-order valence-corrected chi connectivity index (χ4v) is 1.33. The minimum Gasteiger partial charge on any atom is -0.508 e. The maximum atomic E-state index is 12.1. The van der Waals surface area contributed by atoms with E-state index in [1.165, 1.54) is 12.1 Å². The Bertz CT molecular complexity index is 354. The zero-order valence-electron chi connectivity index (χ0n) is 8.58. The number of alkyl halides is 3. The first kappa shape index (κ1) is 15.1. The van der Waals surface area contributed by atoms with Crippen molar-refractivity contribution in [2.75, 3.05) is 0 Å². The van der Waals surface area contributed by atoms with Gasteiger partial charge in [0.15, 0.2) is 0 Å². The van der Waals surface area contributed by atoms with Crippen LogP contribution in [0.2, 0.25) is 0 Å². The molecule has 0 aliphatic carbocycles. The minimum absolute atomic E-state index is 0. The van der Waals surface area contributed by atoms with E-state index in [0.717, 1.165) is 5.56 Å². The SMILES string of the molecule is Cc1ccc(O)c([C@@H](N)CC(F)(F)F)c1.Cl. The highest BCUT2D eigenvalue weighted by molar-refractivity contribution is 5.85. The average Bonchev–Trinajstić information content (AvgIpc) is 2.06. The van der Waals surface area contributed by atoms with Crippen LogP contribution >= 0.6 is 12.4 Å². The van der Waals surface area contributed by atoms with Crippen molar-refractivity contribution in [1.82, 2.24) is 0 Å². The molecule has 0 saturated heterocycles. The quantitative estimate of drug-likeness (QED) is 0.853. The van der Waals surface area contributed by atoms with E-state index in [2.05, 4.69) is 0 Å². The highest BCUT2D eigenvalue weighted by atomic mass is 35.5. The maximum absolute atomic E-state index is 12.1. The molecule has 0 amide bonds. The van der Waals surface area contributed by atoms with Crippen molar-refractivity contribution in [2.24, 2.45) is 5.73 Å². The summed E-state index contributed by atoms with van der Waals surface area (Å²) in [5, 5.41) is 9.35. The number of nitrogens with two attached hydrogens (primary N) is 1. The zero-order valence-corrected chi connectivity index (χ0v) is 9.40. The number of phenols is 1. The van der Waals surface area contributed by atoms with Crippen LogP contribution in [0.5, 0.6) is 5.75 Å². The molecule has 0 saturated carbocycles. The summed E-state index contributed by atoms with van der Waals surface area (Å²) >= 11 is 0. The highest BCUT2D eigenvalue weighted by Gasteiger charge is 2.31. The molecule has 0 spiro atoms. The largest absolute Gasteiger partial charge is 0.508 e. The molecule has 0 unspecified atom stereocenters. The normalized spacial score (nSPS) is 13.1. The molecule has 0 aliphatic rings. The lowest BCUT2D eigenvalue weighted by molar-refractivity contribution is -0.138. The van der Waals surface area contributed by atoms with E-state index >= 15 is 0 Å². The lowest BCUT2D eigenvalue weighted by Gasteiger charge is -2.16. The van der Waals surface area contributed by atoms with Gasteiger partial charge in [-0.15, -0.1) is 12.4 Å². The summed E-state index contributed by atoms with van der Waals surface area (Å²) in [6, 6.07) is 3.20. The Hall–Kier alpha value is -0.940. The van der Waals surface area contributed by atoms with Crippen LogP contribution in [0.15, 0.2) is 18.2 Å². The van der Waals surface area contributed by atoms with Crippen molar-refractivity contribution in [3.63, 3.8) is 0 Å². The van der Waals surface area contributed by atoms with Gasteiger partial charge < -0.3 is 10.8 Å². The summed E-state index contributed by atoms with van der Waals surface area (Å²) in [5.41, 5.74) is 6.27. The van der Waals surface area contributed by atoms with Crippen LogP contribution in [0.1, 0.15) is 23.6 Å². The number of aromatic hydroxyl groups is 1. The van der Waals surface area contributed by atoms with Crippen molar-refractivity contribution in [3.05, 3.63) is 29.3 Å². The topological polar surface area (TPSA) is 46.2 Å². The van der Waals surface area contributed by atoms with Gasteiger partial charge in [0, 0.05) is 11.6 Å². The van der Waals surface area contributed by atoms with Crippen LogP contribution in [-0.2, 0) is 0 Å². The Morgan fingerprint density at radius 2 is 1.94 bits per heavy atom. The highest BCUT2D eigenvalue weighted by Crippen LogP contribution is 2.32. The number of phenolic OH excluding ortho intramolecular Hbond substituents is 1. The van der Waals surface area contributed by atoms with Crippen LogP contribution in [0, 0.1) is 6.92 Å². The first-order chi connectivity index (χ1) is 6.79. The Labute approximate surface area is 97.7 Å². The monoisotopic (exact) mass is 255 g/mol. The van der Waals surface area contributed by atoms with E-state index in [0.29, 0.717) is 0 Å². The van der Waals surface area contributed by atoms with Crippen LogP contribution in [-0.4, -0.2) is 11.3 Å². The molecular weight excluding hydrogens is 243 g/mol. The molecule has 1 atom stereocenters. The van der Waals surface area contributed by atoms with Gasteiger partial charge in [-0.1, -0.05) is 17.7 Å². The third-order valence-electron chi connectivity index (χ3n) is 2.03. The summed E-state index contributed by atoms with van der Waals surface area (Å²) in [5.74, 6) is -0.197. The van der Waals surface area contributed by atoms with Gasteiger partial charge in [0.25, 0.3) is 0 Å². The second kappa shape index (κ2) is 5.41. The molecule has 1 aromatic rings. The standard InChI is InChI=1S/C10H12F3NO.ClH/c1-6-2-3-9(15)7(4-6)8(14)5-10(11,12)13;/h2-4,8,15H,5,14H2,1H3;1H/t8-;/m0./s1. The van der Waals surface area contributed by atoms with E-state index in [-0.39, 0.29) is 23.7 Å². The van der Waals surface area contributed by atoms with E-state index in [1.807, 2.05) is 0 Å². The summed E-state index contributed by atoms with van der Waals surface area (Å²) in [6.45, 7) is 1.73. The second-order valence-electron chi connectivity index (χ2n) is 3.49. The molecule has 1 aromatic carbocycles. The predicted octanol–water partition coefficient (Wildman–Crippen LogP) is 3.07. The Morgan fingerprint density at radius 1 is 1.38 bits per heavy atom. The number of benzene rings is 1. The average molecular weight is 256 g/mol. The van der Waals surface area contributed by atoms with Gasteiger partial charge in [0.05, 0.1) is 6.42 Å². The fourth-order valence-electron chi connectivity index (χ4n) is 1.33. The van der Waals surface area contributed by atoms with Gasteiger partial charge in [0.1, 0.15) is 5.75 Å². The van der Waals surface area contributed by atoms with Gasteiger partial charge in [-0.3, -0.25) is 0 Å². The Balaban J connectivity index is 0.00000225. The zero-order chi connectivity index (χ0) is 11.6. The third kappa shape index (κ3) is 4.28. The van der Waals surface area contributed by atoms with E-state index in [9.17, 15) is 18.3 Å². The number of rotatable bonds is 2. The summed E-state index contributed by atoms with van der Waals surface area (Å²) in [4.78, 5) is 0. The number of aryl methyl sites for hydroxylation is 1. The van der Waals surface area contributed by atoms with Gasteiger partial charge in [0.2, 0.25) is 0 Å². The smallest absolute Gasteiger partial charge is 0.390 e. The van der Waals surface area contributed by atoms with Gasteiger partial charge in [-0.05, 0) is 13.0 Å². The first-order valence-electron chi connectivity index (χ1n) is 4.41. The second-order valence-corrected chi connectivity index (χ2v) is 3.49. The van der Waals surface area contributed by atoms with Crippen molar-refractivity contribution in [1.29, 1.82) is 0 Å². The van der Waals surface area contributed by atoms with Crippen LogP contribution in [0.3, 0.4) is 0 Å². The van der Waals surface area contributed by atoms with Crippen molar-refractivity contribution < 1.29 is 18.3 Å². The third-order valence-corrected chi connectivity index (χ3v) is 2.03. The van der Waals surface area contributed by atoms with E-state index in [1.54, 1.807) is 13.0 Å². The molecule has 0 radical (unpaired) electrons. The molecule has 0 aromatic heterocycles. The molecule has 6 heteroatoms. The minimum atomic E-state index is -4.32. The molecule has 0 fully saturated rings. The molecule has 0 heterocycles. The molecule has 3 N–H and O–H groups in total. The number of halogens is 4. The molecule has 2 nitrogen and oxygen atoms in total. The molecule has 16 heavy (non-hydrogen) atoms. The number of hydrogen-bond donors (Lipinski definition) is 2. The summed E-state index contributed by atoms with van der Waals surface area (Å²) < 4.78 is 36.2. The van der Waals surface area contributed by atoms with Crippen LogP contribution in [0.4, 0.5) is 13.2 Å². The van der Waals surface area contributed by atoms with E-state index < -0.39 is 18.6 Å². The van der Waals surface area contributed by atoms with Crippen LogP contribution < -0.4 is 5.73 Å². The summed E-state index contributed by atoms with van der Waals surface area (Å²) in [6.07, 6.45) is -5.46. The van der Waals surface area contributed by atoms with Gasteiger partial charge >= 0.3 is 6.18 Å². The number of hydrogen-bond acceptors (Lipinski definition) is 2. The Kier molecular flexibility index (Phi) is 5.09. The van der Waals surface area contributed by atoms with E-state index in [4.69, 9.17) is 5.73 Å². The van der Waals surface area contributed by atoms with Gasteiger partial charge in [-0.25, -0.2) is 0 Å². The fraction of sp³-hybridized carbons (Fsp3) is 0.400. The Morgan fingerprint density at radius 3 is 2.44 bits per heavy atom. The summed E-state index contributed by atoms with van der Waals surface area (Å²) in [7, 11) is 0. The lowest BCUT2D eigenvalue weighted by atomic mass is 10.0. The molecule has 92 valence electrons. The van der Waals surface area contributed by atoms with Crippen molar-refractivity contribution >= 4 is 12.4 Å².